The van der Waals surface area contributed by atoms with Crippen LogP contribution in [0.2, 0.25) is 0 Å². The largest absolute Gasteiger partial charge is 0.289 e. The third-order valence-corrected chi connectivity index (χ3v) is 7.59. The highest BCUT2D eigenvalue weighted by molar-refractivity contribution is 6.20. The van der Waals surface area contributed by atoms with Gasteiger partial charge in [0.15, 0.2) is 11.6 Å². The molecule has 0 saturated heterocycles. The molecule has 0 radical (unpaired) electrons. The molecule has 38 heavy (non-hydrogen) atoms. The maximum Gasteiger partial charge on any atom is 0.193 e. The Hall–Kier alpha value is -4.56. The number of rotatable bonds is 4. The smallest absolute Gasteiger partial charge is 0.193 e. The molecule has 0 saturated carbocycles. The average molecular weight is 493 g/mol. The molecule has 184 valence electrons. The van der Waals surface area contributed by atoms with Gasteiger partial charge in [0.2, 0.25) is 0 Å². The third-order valence-electron chi connectivity index (χ3n) is 7.59. The number of hydrogen-bond donors (Lipinski definition) is 0. The summed E-state index contributed by atoms with van der Waals surface area (Å²) in [4.78, 5) is 27.4. The summed E-state index contributed by atoms with van der Waals surface area (Å²) < 4.78 is 0. The molecule has 0 aliphatic heterocycles. The molecule has 2 heteroatoms. The highest BCUT2D eigenvalue weighted by Gasteiger charge is 2.18. The SMILES string of the molecule is Cc1ccc2c(C(=O)c3ccc4cc(C(=O)c5c(C)ccc6cc(C)ccc56)ccc4c3)c(C)ccc2c1. The van der Waals surface area contributed by atoms with E-state index in [4.69, 9.17) is 0 Å². The van der Waals surface area contributed by atoms with Gasteiger partial charge in [-0.3, -0.25) is 9.59 Å². The van der Waals surface area contributed by atoms with Crippen molar-refractivity contribution in [2.24, 2.45) is 0 Å². The Bertz CT molecular complexity index is 1800. The van der Waals surface area contributed by atoms with Gasteiger partial charge in [-0.25, -0.2) is 0 Å². The minimum atomic E-state index is 0.0145. The van der Waals surface area contributed by atoms with Crippen LogP contribution in [0.5, 0.6) is 0 Å². The molecule has 0 fully saturated rings. The normalized spacial score (nSPS) is 11.4. The number of carbonyl (C=O) groups excluding carboxylic acids is 2. The monoisotopic (exact) mass is 492 g/mol. The predicted octanol–water partition coefficient (Wildman–Crippen LogP) is 8.84. The second-order valence-corrected chi connectivity index (χ2v) is 10.4. The van der Waals surface area contributed by atoms with Gasteiger partial charge in [0.05, 0.1) is 0 Å². The Kier molecular flexibility index (Phi) is 5.69. The first kappa shape index (κ1) is 23.8. The van der Waals surface area contributed by atoms with E-state index in [9.17, 15) is 9.59 Å². The highest BCUT2D eigenvalue weighted by atomic mass is 16.1. The Labute approximate surface area is 222 Å². The lowest BCUT2D eigenvalue weighted by atomic mass is 9.90. The lowest BCUT2D eigenvalue weighted by molar-refractivity contribution is 0.103. The summed E-state index contributed by atoms with van der Waals surface area (Å²) in [7, 11) is 0. The standard InChI is InChI=1S/C36H28O2/c1-21-5-15-31-27(17-21)9-7-23(3)33(31)35(37)29-13-11-26-20-30(14-12-25(26)19-29)36(38)34-24(4)8-10-28-18-22(2)6-16-32(28)34/h5-20H,1-4H3. The van der Waals surface area contributed by atoms with Crippen LogP contribution in [-0.4, -0.2) is 11.6 Å². The topological polar surface area (TPSA) is 34.1 Å². The van der Waals surface area contributed by atoms with Gasteiger partial charge in [-0.1, -0.05) is 96.1 Å². The maximum absolute atomic E-state index is 13.7. The van der Waals surface area contributed by atoms with Gasteiger partial charge >= 0.3 is 0 Å². The molecule has 6 aromatic rings. The number of fused-ring (bicyclic) bond motifs is 3. The van der Waals surface area contributed by atoms with Crippen LogP contribution in [0.3, 0.4) is 0 Å². The molecular weight excluding hydrogens is 464 g/mol. The lowest BCUT2D eigenvalue weighted by Crippen LogP contribution is -2.06. The molecular formula is C36H28O2. The van der Waals surface area contributed by atoms with E-state index in [2.05, 4.69) is 50.2 Å². The fourth-order valence-corrected chi connectivity index (χ4v) is 5.54. The van der Waals surface area contributed by atoms with Crippen LogP contribution in [0.4, 0.5) is 0 Å². The van der Waals surface area contributed by atoms with Gasteiger partial charge in [-0.15, -0.1) is 0 Å². The molecule has 0 atom stereocenters. The Morgan fingerprint density at radius 1 is 0.421 bits per heavy atom. The van der Waals surface area contributed by atoms with E-state index in [0.29, 0.717) is 11.1 Å². The van der Waals surface area contributed by atoms with Crippen molar-refractivity contribution in [3.8, 4) is 0 Å². The number of benzene rings is 6. The molecule has 0 amide bonds. The second kappa shape index (κ2) is 9.08. The van der Waals surface area contributed by atoms with Crippen molar-refractivity contribution in [1.29, 1.82) is 0 Å². The first-order valence-corrected chi connectivity index (χ1v) is 12.9. The van der Waals surface area contributed by atoms with E-state index in [1.807, 2.05) is 74.5 Å². The minimum Gasteiger partial charge on any atom is -0.289 e. The van der Waals surface area contributed by atoms with Gasteiger partial charge in [0.25, 0.3) is 0 Å². The summed E-state index contributed by atoms with van der Waals surface area (Å²) in [5.74, 6) is 0.0290. The maximum atomic E-state index is 13.7. The van der Waals surface area contributed by atoms with Crippen molar-refractivity contribution >= 4 is 43.9 Å². The van der Waals surface area contributed by atoms with Crippen molar-refractivity contribution in [2.45, 2.75) is 27.7 Å². The average Bonchev–Trinajstić information content (AvgIpc) is 2.92. The highest BCUT2D eigenvalue weighted by Crippen LogP contribution is 2.29. The molecule has 0 heterocycles. The summed E-state index contributed by atoms with van der Waals surface area (Å²) in [5, 5.41) is 5.96. The Morgan fingerprint density at radius 2 is 0.816 bits per heavy atom. The molecule has 0 aliphatic rings. The molecule has 0 aromatic heterocycles. The Balaban J connectivity index is 1.40. The van der Waals surface area contributed by atoms with Gasteiger partial charge in [0.1, 0.15) is 0 Å². The molecule has 6 aromatic carbocycles. The summed E-state index contributed by atoms with van der Waals surface area (Å²) in [6, 6.07) is 32.1. The molecule has 6 rings (SSSR count). The van der Waals surface area contributed by atoms with Gasteiger partial charge in [-0.2, -0.15) is 0 Å². The molecule has 0 spiro atoms. The van der Waals surface area contributed by atoms with E-state index in [1.54, 1.807) is 0 Å². The van der Waals surface area contributed by atoms with Crippen molar-refractivity contribution in [3.05, 3.63) is 142 Å². The summed E-state index contributed by atoms with van der Waals surface area (Å²) >= 11 is 0. The fraction of sp³-hybridized carbons (Fsp3) is 0.111. The zero-order chi connectivity index (χ0) is 26.6. The van der Waals surface area contributed by atoms with Crippen LogP contribution in [0.1, 0.15) is 54.1 Å². The van der Waals surface area contributed by atoms with E-state index >= 15 is 0 Å². The third kappa shape index (κ3) is 3.99. The summed E-state index contributed by atoms with van der Waals surface area (Å²) in [5.41, 5.74) is 7.06. The zero-order valence-electron chi connectivity index (χ0n) is 22.1. The number of ketones is 2. The zero-order valence-corrected chi connectivity index (χ0v) is 22.1. The van der Waals surface area contributed by atoms with E-state index in [-0.39, 0.29) is 11.6 Å². The van der Waals surface area contributed by atoms with Gasteiger partial charge < -0.3 is 0 Å². The molecule has 0 aliphatic carbocycles. The van der Waals surface area contributed by atoms with Crippen LogP contribution in [0.15, 0.2) is 97.1 Å². The fourth-order valence-electron chi connectivity index (χ4n) is 5.54. The van der Waals surface area contributed by atoms with E-state index in [1.165, 1.54) is 11.1 Å². The molecule has 2 nitrogen and oxygen atoms in total. The van der Waals surface area contributed by atoms with Crippen molar-refractivity contribution in [2.75, 3.05) is 0 Å². The van der Waals surface area contributed by atoms with Gasteiger partial charge in [-0.05, 0) is 83.3 Å². The van der Waals surface area contributed by atoms with E-state index < -0.39 is 0 Å². The summed E-state index contributed by atoms with van der Waals surface area (Å²) in [6.07, 6.45) is 0. The first-order valence-electron chi connectivity index (χ1n) is 12.9. The predicted molar refractivity (Wildman–Crippen MR) is 158 cm³/mol. The van der Waals surface area contributed by atoms with Crippen molar-refractivity contribution < 1.29 is 9.59 Å². The van der Waals surface area contributed by atoms with Crippen LogP contribution in [0.25, 0.3) is 32.3 Å². The first-order chi connectivity index (χ1) is 18.3. The number of aryl methyl sites for hydroxylation is 4. The minimum absolute atomic E-state index is 0.0145. The second-order valence-electron chi connectivity index (χ2n) is 10.4. The van der Waals surface area contributed by atoms with Crippen molar-refractivity contribution in [3.63, 3.8) is 0 Å². The van der Waals surface area contributed by atoms with Crippen LogP contribution in [0, 0.1) is 27.7 Å². The van der Waals surface area contributed by atoms with Crippen LogP contribution >= 0.6 is 0 Å². The molecule has 0 N–H and O–H groups in total. The number of carbonyl (C=O) groups is 2. The Morgan fingerprint density at radius 3 is 1.24 bits per heavy atom. The van der Waals surface area contributed by atoms with Crippen molar-refractivity contribution in [1.82, 2.24) is 0 Å². The summed E-state index contributed by atoms with van der Waals surface area (Å²) in [6.45, 7) is 8.10. The van der Waals surface area contributed by atoms with E-state index in [0.717, 1.165) is 54.6 Å². The molecule has 0 bridgehead atoms. The quantitative estimate of drug-likeness (QED) is 0.230. The van der Waals surface area contributed by atoms with Gasteiger partial charge in [0, 0.05) is 22.3 Å². The molecule has 0 unspecified atom stereocenters. The number of hydrogen-bond acceptors (Lipinski definition) is 2. The van der Waals surface area contributed by atoms with Crippen LogP contribution in [-0.2, 0) is 0 Å². The lowest BCUT2D eigenvalue weighted by Gasteiger charge is -2.12. The van der Waals surface area contributed by atoms with Crippen LogP contribution < -0.4 is 0 Å².